The molecule has 1 aliphatic heterocycles. The van der Waals surface area contributed by atoms with Crippen LogP contribution < -0.4 is 19.9 Å². The monoisotopic (exact) mass is 482 g/mol. The molecule has 1 heterocycles. The molecule has 0 aromatic heterocycles. The zero-order chi connectivity index (χ0) is 23.4. The minimum Gasteiger partial charge on any atom is -0.490 e. The summed E-state index contributed by atoms with van der Waals surface area (Å²) >= 11 is 12.5. The number of hydrazine groups is 1. The molecule has 0 atom stereocenters. The SMILES string of the molecule is CCOc1cc(C=C2C(=O)NN(c3cccc(Cl)c3)C2=O)cc(Cl)c1OCc1ccccc1. The first-order valence-electron chi connectivity index (χ1n) is 10.2. The molecule has 0 bridgehead atoms. The normalized spacial score (nSPS) is 14.5. The number of carbonyl (C=O) groups is 2. The van der Waals surface area contributed by atoms with Gasteiger partial charge in [0, 0.05) is 5.02 Å². The van der Waals surface area contributed by atoms with Gasteiger partial charge in [0.2, 0.25) is 0 Å². The molecule has 4 rings (SSSR count). The lowest BCUT2D eigenvalue weighted by atomic mass is 10.1. The van der Waals surface area contributed by atoms with Crippen LogP contribution in [0.5, 0.6) is 11.5 Å². The van der Waals surface area contributed by atoms with E-state index in [1.54, 1.807) is 36.4 Å². The summed E-state index contributed by atoms with van der Waals surface area (Å²) in [7, 11) is 0. The van der Waals surface area contributed by atoms with E-state index in [-0.39, 0.29) is 5.57 Å². The largest absolute Gasteiger partial charge is 0.490 e. The van der Waals surface area contributed by atoms with E-state index >= 15 is 0 Å². The number of anilines is 1. The van der Waals surface area contributed by atoms with Crippen LogP contribution >= 0.6 is 23.2 Å². The van der Waals surface area contributed by atoms with Crippen molar-refractivity contribution in [1.29, 1.82) is 0 Å². The molecule has 0 spiro atoms. The summed E-state index contributed by atoms with van der Waals surface area (Å²) in [5.41, 5.74) is 4.49. The van der Waals surface area contributed by atoms with Gasteiger partial charge >= 0.3 is 0 Å². The minimum absolute atomic E-state index is 0.0357. The maximum Gasteiger partial charge on any atom is 0.282 e. The van der Waals surface area contributed by atoms with Crippen LogP contribution in [0.4, 0.5) is 5.69 Å². The van der Waals surface area contributed by atoms with E-state index in [1.165, 1.54) is 6.08 Å². The average molecular weight is 483 g/mol. The molecule has 0 unspecified atom stereocenters. The summed E-state index contributed by atoms with van der Waals surface area (Å²) in [5.74, 6) is -0.211. The summed E-state index contributed by atoms with van der Waals surface area (Å²) in [6.45, 7) is 2.55. The van der Waals surface area contributed by atoms with E-state index < -0.39 is 11.8 Å². The van der Waals surface area contributed by atoms with Crippen molar-refractivity contribution < 1.29 is 19.1 Å². The molecule has 0 radical (unpaired) electrons. The second-order valence-electron chi connectivity index (χ2n) is 7.16. The lowest BCUT2D eigenvalue weighted by Gasteiger charge is -2.15. The molecule has 168 valence electrons. The van der Waals surface area contributed by atoms with Gasteiger partial charge < -0.3 is 9.47 Å². The van der Waals surface area contributed by atoms with Crippen molar-refractivity contribution in [2.24, 2.45) is 0 Å². The summed E-state index contributed by atoms with van der Waals surface area (Å²) in [5, 5.41) is 1.91. The van der Waals surface area contributed by atoms with Gasteiger partial charge in [0.1, 0.15) is 12.2 Å². The van der Waals surface area contributed by atoms with E-state index in [2.05, 4.69) is 5.43 Å². The van der Waals surface area contributed by atoms with Crippen LogP contribution in [0.1, 0.15) is 18.1 Å². The van der Waals surface area contributed by atoms with Gasteiger partial charge in [-0.1, -0.05) is 59.6 Å². The van der Waals surface area contributed by atoms with Gasteiger partial charge in [0.25, 0.3) is 11.8 Å². The van der Waals surface area contributed by atoms with Gasteiger partial charge in [-0.25, -0.2) is 5.01 Å². The van der Waals surface area contributed by atoms with Crippen molar-refractivity contribution in [2.75, 3.05) is 11.6 Å². The van der Waals surface area contributed by atoms with Gasteiger partial charge in [-0.15, -0.1) is 0 Å². The quantitative estimate of drug-likeness (QED) is 0.360. The smallest absolute Gasteiger partial charge is 0.282 e. The zero-order valence-electron chi connectivity index (χ0n) is 17.7. The van der Waals surface area contributed by atoms with Crippen LogP contribution in [0.15, 0.2) is 72.3 Å². The molecule has 8 heteroatoms. The van der Waals surface area contributed by atoms with Crippen molar-refractivity contribution >= 4 is 46.8 Å². The van der Waals surface area contributed by atoms with Crippen LogP contribution in [0.25, 0.3) is 6.08 Å². The van der Waals surface area contributed by atoms with E-state index in [1.807, 2.05) is 37.3 Å². The number of nitrogens with one attached hydrogen (secondary N) is 1. The third-order valence-electron chi connectivity index (χ3n) is 4.83. The number of benzene rings is 3. The number of rotatable bonds is 7. The lowest BCUT2D eigenvalue weighted by molar-refractivity contribution is -0.117. The van der Waals surface area contributed by atoms with Gasteiger partial charge in [0.15, 0.2) is 11.5 Å². The first-order valence-corrected chi connectivity index (χ1v) is 11.0. The number of halogens is 2. The highest BCUT2D eigenvalue weighted by molar-refractivity contribution is 6.34. The highest BCUT2D eigenvalue weighted by Crippen LogP contribution is 2.38. The van der Waals surface area contributed by atoms with Crippen LogP contribution in [0, 0.1) is 0 Å². The Labute approximate surface area is 201 Å². The average Bonchev–Trinajstić information content (AvgIpc) is 3.08. The van der Waals surface area contributed by atoms with Gasteiger partial charge in [-0.05, 0) is 54.5 Å². The fraction of sp³-hybridized carbons (Fsp3) is 0.120. The van der Waals surface area contributed by atoms with E-state index in [0.717, 1.165) is 10.6 Å². The Morgan fingerprint density at radius 2 is 1.76 bits per heavy atom. The van der Waals surface area contributed by atoms with Gasteiger partial charge in [-0.3, -0.25) is 15.0 Å². The number of nitrogens with zero attached hydrogens (tertiary/aromatic N) is 1. The Balaban J connectivity index is 1.62. The minimum atomic E-state index is -0.529. The second-order valence-corrected chi connectivity index (χ2v) is 8.00. The number of hydrogen-bond donors (Lipinski definition) is 1. The molecule has 1 N–H and O–H groups in total. The summed E-state index contributed by atoms with van der Waals surface area (Å²) in [6, 6.07) is 19.6. The van der Waals surface area contributed by atoms with Crippen molar-refractivity contribution in [1.82, 2.24) is 5.43 Å². The van der Waals surface area contributed by atoms with E-state index in [9.17, 15) is 9.59 Å². The summed E-state index contributed by atoms with van der Waals surface area (Å²) in [6.07, 6.45) is 1.47. The Hall–Kier alpha value is -3.48. The highest BCUT2D eigenvalue weighted by atomic mass is 35.5. The molecule has 6 nitrogen and oxygen atoms in total. The predicted octanol–water partition coefficient (Wildman–Crippen LogP) is 5.43. The van der Waals surface area contributed by atoms with Crippen molar-refractivity contribution in [3.63, 3.8) is 0 Å². The fourth-order valence-electron chi connectivity index (χ4n) is 3.33. The van der Waals surface area contributed by atoms with Crippen molar-refractivity contribution in [3.8, 4) is 11.5 Å². The molecule has 3 aromatic carbocycles. The fourth-order valence-corrected chi connectivity index (χ4v) is 3.78. The third-order valence-corrected chi connectivity index (χ3v) is 5.34. The third kappa shape index (κ3) is 5.13. The lowest BCUT2D eigenvalue weighted by Crippen LogP contribution is -2.35. The second kappa shape index (κ2) is 9.98. The molecule has 3 aromatic rings. The van der Waals surface area contributed by atoms with Crippen LogP contribution in [0.3, 0.4) is 0 Å². The number of hydrogen-bond acceptors (Lipinski definition) is 4. The Morgan fingerprint density at radius 3 is 2.48 bits per heavy atom. The zero-order valence-corrected chi connectivity index (χ0v) is 19.2. The maximum atomic E-state index is 12.9. The Kier molecular flexibility index (Phi) is 6.87. The number of ether oxygens (including phenoxy) is 2. The van der Waals surface area contributed by atoms with Gasteiger partial charge in [0.05, 0.1) is 17.3 Å². The van der Waals surface area contributed by atoms with Crippen LogP contribution in [0.2, 0.25) is 10.0 Å². The van der Waals surface area contributed by atoms with Gasteiger partial charge in [-0.2, -0.15) is 0 Å². The topological polar surface area (TPSA) is 67.9 Å². The maximum absolute atomic E-state index is 12.9. The predicted molar refractivity (Wildman–Crippen MR) is 128 cm³/mol. The standard InChI is InChI=1S/C25H20Cl2N2O4/c1-2-32-22-13-17(12-21(27)23(22)33-15-16-7-4-3-5-8-16)11-20-24(30)28-29(25(20)31)19-10-6-9-18(26)14-19/h3-14H,2,15H2,1H3,(H,28,30). The van der Waals surface area contributed by atoms with Crippen LogP contribution in [-0.4, -0.2) is 18.4 Å². The Bertz CT molecular complexity index is 1230. The van der Waals surface area contributed by atoms with E-state index in [4.69, 9.17) is 32.7 Å². The molecule has 33 heavy (non-hydrogen) atoms. The number of amides is 2. The molecular weight excluding hydrogens is 463 g/mol. The summed E-state index contributed by atoms with van der Waals surface area (Å²) in [4.78, 5) is 25.4. The molecule has 1 fully saturated rings. The van der Waals surface area contributed by atoms with Crippen molar-refractivity contribution in [2.45, 2.75) is 13.5 Å². The highest BCUT2D eigenvalue weighted by Gasteiger charge is 2.34. The van der Waals surface area contributed by atoms with E-state index in [0.29, 0.717) is 46.0 Å². The van der Waals surface area contributed by atoms with Crippen LogP contribution in [-0.2, 0) is 16.2 Å². The first kappa shape index (κ1) is 22.7. The first-order chi connectivity index (χ1) is 16.0. The molecule has 0 aliphatic carbocycles. The molecular formula is C25H20Cl2N2O4. The molecule has 2 amide bonds. The molecule has 0 saturated carbocycles. The van der Waals surface area contributed by atoms with Crippen molar-refractivity contribution in [3.05, 3.63) is 93.5 Å². The number of carbonyl (C=O) groups excluding carboxylic acids is 2. The summed E-state index contributed by atoms with van der Waals surface area (Å²) < 4.78 is 11.6. The Morgan fingerprint density at radius 1 is 0.970 bits per heavy atom. The molecule has 1 saturated heterocycles. The molecule has 1 aliphatic rings.